The molecule has 0 amide bonds. The van der Waals surface area contributed by atoms with E-state index in [4.69, 9.17) is 31.1 Å². The lowest BCUT2D eigenvalue weighted by molar-refractivity contribution is -0.102. The van der Waals surface area contributed by atoms with Crippen molar-refractivity contribution < 1.29 is 14.7 Å². The molecule has 0 spiro atoms. The standard InChI is InChI=1S/C27H35ClN6O3/c1-4-10-36-22(5-2)26-31-20-12-21(25-32-27(35)37-33-25)30-23(18-11-19(28)14-29-13-18)24(20)34(26)15-17-8-6-16(3)7-9-17/h11-14,16-17,22,27,35H,4-10,15H2,1-3H3,(H,32,33). The maximum Gasteiger partial charge on any atom is 0.280 e. The quantitative estimate of drug-likeness (QED) is 0.384. The van der Waals surface area contributed by atoms with Crippen LogP contribution >= 0.6 is 11.6 Å². The van der Waals surface area contributed by atoms with E-state index in [1.165, 1.54) is 25.7 Å². The van der Waals surface area contributed by atoms with Crippen molar-refractivity contribution in [1.82, 2.24) is 25.0 Å². The number of hydrogen-bond donors (Lipinski definition) is 2. The van der Waals surface area contributed by atoms with Crippen molar-refractivity contribution in [2.24, 2.45) is 16.8 Å². The van der Waals surface area contributed by atoms with Crippen LogP contribution in [0.4, 0.5) is 0 Å². The number of fused-ring (bicyclic) bond motifs is 1. The second-order valence-electron chi connectivity index (χ2n) is 10.1. The molecule has 4 heterocycles. The second kappa shape index (κ2) is 11.4. The highest BCUT2D eigenvalue weighted by Crippen LogP contribution is 2.36. The molecule has 3 aromatic rings. The first-order valence-electron chi connectivity index (χ1n) is 13.3. The summed E-state index contributed by atoms with van der Waals surface area (Å²) in [4.78, 5) is 23.6. The number of rotatable bonds is 9. The Balaban J connectivity index is 1.70. The van der Waals surface area contributed by atoms with E-state index in [9.17, 15) is 5.11 Å². The number of aliphatic hydroxyl groups excluding tert-OH is 1. The summed E-state index contributed by atoms with van der Waals surface area (Å²) >= 11 is 6.35. The fourth-order valence-electron chi connectivity index (χ4n) is 5.26. The van der Waals surface area contributed by atoms with Crippen LogP contribution in [0.15, 0.2) is 29.5 Å². The van der Waals surface area contributed by atoms with Gasteiger partial charge >= 0.3 is 0 Å². The molecule has 0 aromatic carbocycles. The van der Waals surface area contributed by atoms with E-state index in [0.717, 1.165) is 47.7 Å². The van der Waals surface area contributed by atoms with Gasteiger partial charge in [0.2, 0.25) is 0 Å². The number of nitrogens with one attached hydrogen (secondary N) is 1. The molecule has 0 saturated heterocycles. The van der Waals surface area contributed by atoms with E-state index >= 15 is 0 Å². The predicted molar refractivity (Wildman–Crippen MR) is 143 cm³/mol. The van der Waals surface area contributed by atoms with Crippen LogP contribution in [-0.4, -0.2) is 43.5 Å². The second-order valence-corrected chi connectivity index (χ2v) is 10.6. The number of nitrogens with zero attached hydrogens (tertiary/aromatic N) is 5. The summed E-state index contributed by atoms with van der Waals surface area (Å²) in [6, 6.07) is 3.75. The Morgan fingerprint density at radius 2 is 2.00 bits per heavy atom. The first-order chi connectivity index (χ1) is 18.0. The third-order valence-electron chi connectivity index (χ3n) is 7.23. The van der Waals surface area contributed by atoms with Crippen molar-refractivity contribution in [1.29, 1.82) is 0 Å². The van der Waals surface area contributed by atoms with Crippen molar-refractivity contribution in [3.8, 4) is 11.3 Å². The Kier molecular flexibility index (Phi) is 8.04. The molecule has 1 aliphatic carbocycles. The molecule has 3 aromatic heterocycles. The first kappa shape index (κ1) is 26.0. The van der Waals surface area contributed by atoms with Crippen LogP contribution in [0.1, 0.15) is 76.9 Å². The van der Waals surface area contributed by atoms with Gasteiger partial charge in [-0.15, -0.1) is 0 Å². The topological polar surface area (TPSA) is 107 Å². The molecule has 1 saturated carbocycles. The van der Waals surface area contributed by atoms with Gasteiger partial charge in [-0.05, 0) is 49.7 Å². The SMILES string of the molecule is CCCOC(CC)c1nc2cc(C3=NC(O)ON3)nc(-c3cncc(Cl)c3)c2n1CC1CCC(C)CC1. The lowest BCUT2D eigenvalue weighted by atomic mass is 9.83. The van der Waals surface area contributed by atoms with Crippen molar-refractivity contribution in [2.45, 2.75) is 78.4 Å². The van der Waals surface area contributed by atoms with Gasteiger partial charge in [0, 0.05) is 31.1 Å². The minimum absolute atomic E-state index is 0.129. The van der Waals surface area contributed by atoms with Crippen LogP contribution in [0.25, 0.3) is 22.3 Å². The number of amidine groups is 1. The van der Waals surface area contributed by atoms with Crippen molar-refractivity contribution in [3.63, 3.8) is 0 Å². The number of imidazole rings is 1. The number of halogens is 1. The van der Waals surface area contributed by atoms with Crippen LogP contribution in [0, 0.1) is 11.8 Å². The molecule has 5 rings (SSSR count). The first-order valence-corrected chi connectivity index (χ1v) is 13.7. The summed E-state index contributed by atoms with van der Waals surface area (Å²) in [6.45, 7) is 8.12. The summed E-state index contributed by atoms with van der Waals surface area (Å²) in [5.74, 6) is 2.60. The summed E-state index contributed by atoms with van der Waals surface area (Å²) in [5, 5.41) is 10.3. The van der Waals surface area contributed by atoms with Crippen LogP contribution in [0.2, 0.25) is 5.02 Å². The minimum Gasteiger partial charge on any atom is -0.370 e. The van der Waals surface area contributed by atoms with Gasteiger partial charge in [-0.25, -0.2) is 25.3 Å². The molecule has 198 valence electrons. The summed E-state index contributed by atoms with van der Waals surface area (Å²) in [6.07, 6.45) is 8.60. The fraction of sp³-hybridized carbons (Fsp3) is 0.556. The average molecular weight is 527 g/mol. The van der Waals surface area contributed by atoms with Crippen molar-refractivity contribution in [2.75, 3.05) is 6.61 Å². The highest BCUT2D eigenvalue weighted by atomic mass is 35.5. The highest BCUT2D eigenvalue weighted by molar-refractivity contribution is 6.30. The molecule has 2 atom stereocenters. The van der Waals surface area contributed by atoms with E-state index in [1.807, 2.05) is 12.1 Å². The van der Waals surface area contributed by atoms with Crippen LogP contribution in [-0.2, 0) is 16.1 Å². The summed E-state index contributed by atoms with van der Waals surface area (Å²) < 4.78 is 8.61. The maximum absolute atomic E-state index is 9.77. The summed E-state index contributed by atoms with van der Waals surface area (Å²) in [7, 11) is 0. The van der Waals surface area contributed by atoms with Gasteiger partial charge in [0.1, 0.15) is 17.6 Å². The zero-order valence-corrected chi connectivity index (χ0v) is 22.4. The number of pyridine rings is 2. The molecule has 1 fully saturated rings. The Hall–Kier alpha value is -2.59. The average Bonchev–Trinajstić information content (AvgIpc) is 3.49. The zero-order valence-electron chi connectivity index (χ0n) is 21.7. The molecule has 37 heavy (non-hydrogen) atoms. The van der Waals surface area contributed by atoms with Gasteiger partial charge in [0.25, 0.3) is 6.41 Å². The lowest BCUT2D eigenvalue weighted by Gasteiger charge is -2.28. The van der Waals surface area contributed by atoms with E-state index in [2.05, 4.69) is 40.8 Å². The van der Waals surface area contributed by atoms with E-state index in [1.54, 1.807) is 12.4 Å². The Morgan fingerprint density at radius 3 is 2.68 bits per heavy atom. The predicted octanol–water partition coefficient (Wildman–Crippen LogP) is 5.41. The molecule has 2 unspecified atom stereocenters. The van der Waals surface area contributed by atoms with Crippen molar-refractivity contribution >= 4 is 28.5 Å². The number of hydroxylamine groups is 1. The van der Waals surface area contributed by atoms with Gasteiger partial charge in [-0.3, -0.25) is 4.98 Å². The molecule has 2 aliphatic rings. The molecule has 2 N–H and O–H groups in total. The molecule has 10 heteroatoms. The maximum atomic E-state index is 9.77. The van der Waals surface area contributed by atoms with Gasteiger partial charge in [0.05, 0.1) is 21.7 Å². The lowest BCUT2D eigenvalue weighted by Crippen LogP contribution is -2.21. The highest BCUT2D eigenvalue weighted by Gasteiger charge is 2.28. The van der Waals surface area contributed by atoms with E-state index in [0.29, 0.717) is 34.8 Å². The zero-order chi connectivity index (χ0) is 25.9. The Bertz CT molecular complexity index is 1270. The number of ether oxygens (including phenoxy) is 1. The summed E-state index contributed by atoms with van der Waals surface area (Å²) in [5.41, 5.74) is 6.39. The van der Waals surface area contributed by atoms with Gasteiger partial charge in [0.15, 0.2) is 5.84 Å². The molecular formula is C27H35ClN6O3. The minimum atomic E-state index is -1.28. The number of aliphatic hydroxyl groups is 1. The largest absolute Gasteiger partial charge is 0.370 e. The van der Waals surface area contributed by atoms with Crippen LogP contribution in [0.3, 0.4) is 0 Å². The smallest absolute Gasteiger partial charge is 0.280 e. The Labute approximate surface area is 222 Å². The molecule has 1 aliphatic heterocycles. The van der Waals surface area contributed by atoms with E-state index in [-0.39, 0.29) is 6.10 Å². The molecular weight excluding hydrogens is 492 g/mol. The van der Waals surface area contributed by atoms with Crippen LogP contribution in [0.5, 0.6) is 0 Å². The Morgan fingerprint density at radius 1 is 1.19 bits per heavy atom. The third-order valence-corrected chi connectivity index (χ3v) is 7.44. The van der Waals surface area contributed by atoms with Gasteiger partial charge in [-0.2, -0.15) is 0 Å². The monoisotopic (exact) mass is 526 g/mol. The normalized spacial score (nSPS) is 22.7. The number of aromatic nitrogens is 4. The van der Waals surface area contributed by atoms with Crippen LogP contribution < -0.4 is 5.48 Å². The van der Waals surface area contributed by atoms with Crippen molar-refractivity contribution in [3.05, 3.63) is 41.1 Å². The van der Waals surface area contributed by atoms with Gasteiger partial charge in [-0.1, -0.05) is 45.2 Å². The number of hydrogen-bond acceptors (Lipinski definition) is 8. The van der Waals surface area contributed by atoms with E-state index < -0.39 is 6.41 Å². The molecule has 9 nitrogen and oxygen atoms in total. The van der Waals surface area contributed by atoms with Gasteiger partial charge < -0.3 is 14.4 Å². The fourth-order valence-corrected chi connectivity index (χ4v) is 5.44. The third kappa shape index (κ3) is 5.65. The number of aliphatic imine (C=N–C) groups is 1. The molecule has 0 bridgehead atoms. The molecule has 0 radical (unpaired) electrons.